The first kappa shape index (κ1) is 22.6. The Hall–Kier alpha value is -2.64. The van der Waals surface area contributed by atoms with Gasteiger partial charge in [-0.2, -0.15) is 0 Å². The molecule has 7 heteroatoms. The molecular formula is C22H32N3O4+. The molecule has 2 aromatic rings. The molecule has 2 atom stereocenters. The molecule has 7 nitrogen and oxygen atoms in total. The summed E-state index contributed by atoms with van der Waals surface area (Å²) in [6, 6.07) is 9.27. The molecular weight excluding hydrogens is 370 g/mol. The molecule has 0 fully saturated rings. The Bertz CT molecular complexity index is 860. The molecule has 1 heterocycles. The maximum Gasteiger partial charge on any atom is 0.279 e. The molecule has 1 amide bonds. The van der Waals surface area contributed by atoms with E-state index in [1.54, 1.807) is 26.4 Å². The number of carbonyl (C=O) groups excluding carboxylic acids is 2. The number of quaternary nitrogens is 1. The lowest BCUT2D eigenvalue weighted by atomic mass is 10.1. The largest absolute Gasteiger partial charge is 0.497 e. The van der Waals surface area contributed by atoms with Crippen LogP contribution >= 0.6 is 0 Å². The molecule has 0 spiro atoms. The third kappa shape index (κ3) is 5.92. The molecule has 0 bridgehead atoms. The molecule has 2 N–H and O–H groups in total. The van der Waals surface area contributed by atoms with E-state index in [-0.39, 0.29) is 30.8 Å². The molecule has 2 rings (SSSR count). The third-order valence-corrected chi connectivity index (χ3v) is 4.91. The van der Waals surface area contributed by atoms with E-state index in [4.69, 9.17) is 9.47 Å². The Morgan fingerprint density at radius 2 is 1.90 bits per heavy atom. The fraction of sp³-hybridized carbons (Fsp3) is 0.455. The van der Waals surface area contributed by atoms with Gasteiger partial charge in [0, 0.05) is 35.8 Å². The van der Waals surface area contributed by atoms with Crippen molar-refractivity contribution in [2.75, 3.05) is 46.3 Å². The monoisotopic (exact) mass is 402 g/mol. The van der Waals surface area contributed by atoms with Crippen molar-refractivity contribution >= 4 is 17.4 Å². The number of rotatable bonds is 10. The summed E-state index contributed by atoms with van der Waals surface area (Å²) < 4.78 is 12.5. The molecule has 0 saturated heterocycles. The topological polar surface area (TPSA) is 74.0 Å². The van der Waals surface area contributed by atoms with Crippen molar-refractivity contribution in [1.29, 1.82) is 0 Å². The highest BCUT2D eigenvalue weighted by molar-refractivity contribution is 5.98. The first-order valence-electron chi connectivity index (χ1n) is 9.72. The number of amides is 1. The molecule has 158 valence electrons. The molecule has 29 heavy (non-hydrogen) atoms. The summed E-state index contributed by atoms with van der Waals surface area (Å²) in [5, 5.41) is 2.85. The van der Waals surface area contributed by atoms with Crippen molar-refractivity contribution in [2.24, 2.45) is 0 Å². The van der Waals surface area contributed by atoms with Gasteiger partial charge in [0.2, 0.25) is 5.78 Å². The number of nitrogens with zero attached hydrogens (tertiary/aromatic N) is 1. The van der Waals surface area contributed by atoms with Crippen LogP contribution in [0.15, 0.2) is 30.3 Å². The average molecular weight is 403 g/mol. The number of ether oxygens (including phenoxy) is 2. The van der Waals surface area contributed by atoms with Gasteiger partial charge in [0.1, 0.15) is 12.3 Å². The third-order valence-electron chi connectivity index (χ3n) is 4.91. The summed E-state index contributed by atoms with van der Waals surface area (Å²) in [6.45, 7) is 7.04. The average Bonchev–Trinajstić information content (AvgIpc) is 2.96. The molecule has 0 aliphatic rings. The second kappa shape index (κ2) is 10.2. The van der Waals surface area contributed by atoms with E-state index in [9.17, 15) is 9.59 Å². The minimum Gasteiger partial charge on any atom is -0.497 e. The van der Waals surface area contributed by atoms with Crippen LogP contribution in [0, 0.1) is 13.8 Å². The summed E-state index contributed by atoms with van der Waals surface area (Å²) in [7, 11) is 5.10. The van der Waals surface area contributed by atoms with Crippen LogP contribution in [0.3, 0.4) is 0 Å². The summed E-state index contributed by atoms with van der Waals surface area (Å²) in [5.41, 5.74) is 3.34. The minimum atomic E-state index is -0.150. The summed E-state index contributed by atoms with van der Waals surface area (Å²) in [6.07, 6.45) is 0. The minimum absolute atomic E-state index is 0.0284. The van der Waals surface area contributed by atoms with Crippen molar-refractivity contribution in [2.45, 2.75) is 26.8 Å². The number of likely N-dealkylation sites (N-methyl/N-ethyl adjacent to an activating group) is 1. The van der Waals surface area contributed by atoms with Gasteiger partial charge in [-0.15, -0.1) is 0 Å². The number of aromatic nitrogens is 1. The highest BCUT2D eigenvalue weighted by atomic mass is 16.5. The van der Waals surface area contributed by atoms with E-state index in [1.807, 2.05) is 39.1 Å². The number of nitrogens with one attached hydrogen (secondary N) is 2. The highest BCUT2D eigenvalue weighted by Gasteiger charge is 2.22. The van der Waals surface area contributed by atoms with Crippen LogP contribution in [-0.4, -0.2) is 57.2 Å². The van der Waals surface area contributed by atoms with E-state index in [0.717, 1.165) is 16.3 Å². The Kier molecular flexibility index (Phi) is 7.99. The van der Waals surface area contributed by atoms with E-state index in [0.29, 0.717) is 23.6 Å². The van der Waals surface area contributed by atoms with Gasteiger partial charge in [0.15, 0.2) is 6.54 Å². The van der Waals surface area contributed by atoms with Gasteiger partial charge < -0.3 is 24.3 Å². The van der Waals surface area contributed by atoms with E-state index >= 15 is 0 Å². The smallest absolute Gasteiger partial charge is 0.279 e. The first-order chi connectivity index (χ1) is 13.8. The number of carbonyl (C=O) groups is 2. The van der Waals surface area contributed by atoms with E-state index in [2.05, 4.69) is 16.8 Å². The number of hydrogen-bond donors (Lipinski definition) is 2. The van der Waals surface area contributed by atoms with Gasteiger partial charge in [0.05, 0.1) is 26.8 Å². The number of hydrogen-bond acceptors (Lipinski definition) is 4. The van der Waals surface area contributed by atoms with E-state index in [1.165, 1.54) is 0 Å². The maximum atomic E-state index is 12.8. The van der Waals surface area contributed by atoms with Crippen LogP contribution in [0.1, 0.15) is 34.7 Å². The molecule has 1 aromatic carbocycles. The number of aryl methyl sites for hydroxylation is 1. The fourth-order valence-electron chi connectivity index (χ4n) is 3.67. The van der Waals surface area contributed by atoms with Gasteiger partial charge in [-0.1, -0.05) is 6.07 Å². The predicted octanol–water partition coefficient (Wildman–Crippen LogP) is 1.66. The van der Waals surface area contributed by atoms with Crippen molar-refractivity contribution in [1.82, 2.24) is 4.57 Å². The second-order valence-corrected chi connectivity index (χ2v) is 7.47. The standard InChI is InChI=1S/C22H31N3O4/c1-15-10-20(17(3)25(15)16(2)14-28-5)21(26)12-24(4)13-22(27)23-18-8-7-9-19(11-18)29-6/h7-11,16H,12-14H2,1-6H3,(H,23,27)/p+1/t16-/m1/s1. The van der Waals surface area contributed by atoms with Gasteiger partial charge in [0.25, 0.3) is 5.91 Å². The number of methoxy groups -OCH3 is 2. The quantitative estimate of drug-likeness (QED) is 0.593. The van der Waals surface area contributed by atoms with Crippen LogP contribution in [0.5, 0.6) is 5.75 Å². The number of anilines is 1. The van der Waals surface area contributed by atoms with Gasteiger partial charge >= 0.3 is 0 Å². The number of benzene rings is 1. The van der Waals surface area contributed by atoms with Gasteiger partial charge in [-0.3, -0.25) is 9.59 Å². The first-order valence-corrected chi connectivity index (χ1v) is 9.72. The van der Waals surface area contributed by atoms with Crippen LogP contribution in [0.2, 0.25) is 0 Å². The fourth-order valence-corrected chi connectivity index (χ4v) is 3.67. The summed E-state index contributed by atoms with van der Waals surface area (Å²) >= 11 is 0. The Balaban J connectivity index is 1.98. The molecule has 0 saturated carbocycles. The maximum absolute atomic E-state index is 12.8. The molecule has 1 aromatic heterocycles. The zero-order valence-electron chi connectivity index (χ0n) is 18.2. The van der Waals surface area contributed by atoms with E-state index < -0.39 is 0 Å². The van der Waals surface area contributed by atoms with Crippen molar-refractivity contribution in [3.05, 3.63) is 47.3 Å². The molecule has 1 unspecified atom stereocenters. The molecule has 0 radical (unpaired) electrons. The van der Waals surface area contributed by atoms with Crippen molar-refractivity contribution < 1.29 is 24.0 Å². The second-order valence-electron chi connectivity index (χ2n) is 7.47. The van der Waals surface area contributed by atoms with Crippen LogP contribution in [0.25, 0.3) is 0 Å². The molecule has 0 aliphatic heterocycles. The zero-order chi connectivity index (χ0) is 21.6. The lowest BCUT2D eigenvalue weighted by molar-refractivity contribution is -0.861. The van der Waals surface area contributed by atoms with Crippen molar-refractivity contribution in [3.63, 3.8) is 0 Å². The van der Waals surface area contributed by atoms with Crippen LogP contribution in [-0.2, 0) is 9.53 Å². The van der Waals surface area contributed by atoms with Crippen LogP contribution in [0.4, 0.5) is 5.69 Å². The Labute approximate surface area is 172 Å². The zero-order valence-corrected chi connectivity index (χ0v) is 18.2. The lowest BCUT2D eigenvalue weighted by Gasteiger charge is -2.18. The Morgan fingerprint density at radius 3 is 2.55 bits per heavy atom. The summed E-state index contributed by atoms with van der Waals surface area (Å²) in [5.74, 6) is 0.556. The van der Waals surface area contributed by atoms with Crippen molar-refractivity contribution in [3.8, 4) is 5.75 Å². The lowest BCUT2D eigenvalue weighted by Crippen LogP contribution is -3.11. The molecule has 0 aliphatic carbocycles. The highest BCUT2D eigenvalue weighted by Crippen LogP contribution is 2.21. The van der Waals surface area contributed by atoms with Gasteiger partial charge in [-0.05, 0) is 39.0 Å². The van der Waals surface area contributed by atoms with Crippen LogP contribution < -0.4 is 15.0 Å². The number of ketones is 1. The predicted molar refractivity (Wildman–Crippen MR) is 113 cm³/mol. The Morgan fingerprint density at radius 1 is 1.17 bits per heavy atom. The normalized spacial score (nSPS) is 13.0. The number of Topliss-reactive ketones (excluding diaryl/α,β-unsaturated/α-hetero) is 1. The summed E-state index contributed by atoms with van der Waals surface area (Å²) in [4.78, 5) is 26.0. The SMILES string of the molecule is COC[C@@H](C)n1c(C)cc(C(=O)C[NH+](C)CC(=O)Nc2cccc(OC)c2)c1C. The van der Waals surface area contributed by atoms with Gasteiger partial charge in [-0.25, -0.2) is 0 Å².